The summed E-state index contributed by atoms with van der Waals surface area (Å²) >= 11 is 0. The van der Waals surface area contributed by atoms with Crippen molar-refractivity contribution in [3.63, 3.8) is 0 Å². The molecule has 0 bridgehead atoms. The molecule has 0 saturated heterocycles. The number of hydrogen-bond acceptors (Lipinski definition) is 1. The molecule has 3 aliphatic rings. The molecule has 2 nitrogen and oxygen atoms in total. The largest absolute Gasteiger partial charge is 0.231 e. The highest BCUT2D eigenvalue weighted by Crippen LogP contribution is 2.58. The molecule has 2 unspecified atom stereocenters. The van der Waals surface area contributed by atoms with E-state index in [-0.39, 0.29) is 5.41 Å². The van der Waals surface area contributed by atoms with E-state index in [2.05, 4.69) is 205 Å². The van der Waals surface area contributed by atoms with Crippen LogP contribution in [0.4, 0.5) is 0 Å². The Morgan fingerprint density at radius 1 is 0.554 bits per heavy atom. The van der Waals surface area contributed by atoms with Crippen molar-refractivity contribution < 1.29 is 0 Å². The van der Waals surface area contributed by atoms with Gasteiger partial charge >= 0.3 is 0 Å². The number of fused-ring (bicyclic) bond motifs is 6. The maximum absolute atomic E-state index is 5.14. The van der Waals surface area contributed by atoms with Crippen LogP contribution in [-0.4, -0.2) is 9.61 Å². The van der Waals surface area contributed by atoms with Crippen LogP contribution in [0, 0.1) is 5.92 Å². The molecule has 0 spiro atoms. The Morgan fingerprint density at radius 2 is 1.27 bits per heavy atom. The van der Waals surface area contributed by atoms with Crippen LogP contribution >= 0.6 is 0 Å². The zero-order chi connectivity index (χ0) is 37.1. The predicted octanol–water partition coefficient (Wildman–Crippen LogP) is 13.7. The number of aromatic nitrogens is 2. The highest BCUT2D eigenvalue weighted by atomic mass is 15.2. The lowest BCUT2D eigenvalue weighted by atomic mass is 9.62. The van der Waals surface area contributed by atoms with Gasteiger partial charge in [-0.15, -0.1) is 0 Å². The molecule has 0 fully saturated rings. The Bertz CT molecular complexity index is 2920. The van der Waals surface area contributed by atoms with Crippen molar-refractivity contribution in [2.45, 2.75) is 24.7 Å². The zero-order valence-electron chi connectivity index (χ0n) is 31.1. The van der Waals surface area contributed by atoms with Crippen molar-refractivity contribution in [1.82, 2.24) is 9.61 Å². The lowest BCUT2D eigenvalue weighted by Gasteiger charge is -2.39. The summed E-state index contributed by atoms with van der Waals surface area (Å²) in [6, 6.07) is 56.3. The van der Waals surface area contributed by atoms with Gasteiger partial charge in [-0.25, -0.2) is 4.52 Å². The van der Waals surface area contributed by atoms with Crippen LogP contribution < -0.4 is 0 Å². The smallest absolute Gasteiger partial charge is 0.0822 e. The summed E-state index contributed by atoms with van der Waals surface area (Å²) in [5.74, 6) is 0.295. The third-order valence-corrected chi connectivity index (χ3v) is 12.4. The lowest BCUT2D eigenvalue weighted by Crippen LogP contribution is -2.35. The summed E-state index contributed by atoms with van der Waals surface area (Å²) in [5, 5.41) is 7.59. The van der Waals surface area contributed by atoms with Crippen LogP contribution in [-0.2, 0) is 5.41 Å². The highest BCUT2D eigenvalue weighted by molar-refractivity contribution is 6.12. The Morgan fingerprint density at radius 3 is 2.05 bits per heavy atom. The second-order valence-corrected chi connectivity index (χ2v) is 15.3. The van der Waals surface area contributed by atoms with Crippen molar-refractivity contribution in [1.29, 1.82) is 0 Å². The molecule has 2 heteroatoms. The fraction of sp³-hybridized carbons (Fsp3) is 0.0926. The average molecular weight is 717 g/mol. The topological polar surface area (TPSA) is 17.3 Å². The first kappa shape index (κ1) is 32.6. The van der Waals surface area contributed by atoms with Gasteiger partial charge in [-0.05, 0) is 86.7 Å². The first-order valence-corrected chi connectivity index (χ1v) is 19.9. The molecule has 266 valence electrons. The maximum Gasteiger partial charge on any atom is 0.0822 e. The van der Waals surface area contributed by atoms with Crippen LogP contribution in [0.5, 0.6) is 0 Å². The Hall–Kier alpha value is -6.77. The number of nitrogens with zero attached hydrogens (tertiary/aromatic N) is 2. The summed E-state index contributed by atoms with van der Waals surface area (Å²) in [6.45, 7) is 0. The van der Waals surface area contributed by atoms with E-state index < -0.39 is 0 Å². The number of rotatable bonds is 6. The minimum absolute atomic E-state index is 0.295. The predicted molar refractivity (Wildman–Crippen MR) is 234 cm³/mol. The molecule has 2 aromatic heterocycles. The van der Waals surface area contributed by atoms with E-state index in [0.29, 0.717) is 5.92 Å². The van der Waals surface area contributed by atoms with E-state index in [9.17, 15) is 0 Å². The molecule has 0 saturated carbocycles. The SMILES string of the molecule is C1=CCCC(c2cnn3c(-c4ccccc4)c(-c4ccc(-c5ccc6c(c5)C(c5ccccc5)(C5C=CC=CC5)c5ccccc5-6)cc4)c4ccccc4c23)=C1. The van der Waals surface area contributed by atoms with Gasteiger partial charge in [0, 0.05) is 22.1 Å². The lowest BCUT2D eigenvalue weighted by molar-refractivity contribution is 0.457. The molecule has 0 radical (unpaired) electrons. The summed E-state index contributed by atoms with van der Waals surface area (Å²) < 4.78 is 2.20. The van der Waals surface area contributed by atoms with Crippen LogP contribution in [0.1, 0.15) is 41.5 Å². The first-order chi connectivity index (χ1) is 27.8. The van der Waals surface area contributed by atoms with E-state index in [4.69, 9.17) is 5.10 Å². The van der Waals surface area contributed by atoms with Crippen molar-refractivity contribution in [3.05, 3.63) is 223 Å². The van der Waals surface area contributed by atoms with Gasteiger partial charge in [0.2, 0.25) is 0 Å². The third-order valence-electron chi connectivity index (χ3n) is 12.4. The van der Waals surface area contributed by atoms with Gasteiger partial charge < -0.3 is 0 Å². The van der Waals surface area contributed by atoms with E-state index in [1.807, 2.05) is 0 Å². The summed E-state index contributed by atoms with van der Waals surface area (Å²) in [7, 11) is 0. The van der Waals surface area contributed by atoms with Gasteiger partial charge in [-0.2, -0.15) is 5.10 Å². The second kappa shape index (κ2) is 13.2. The monoisotopic (exact) mass is 716 g/mol. The molecule has 0 N–H and O–H groups in total. The minimum Gasteiger partial charge on any atom is -0.231 e. The third kappa shape index (κ3) is 4.92. The molecule has 56 heavy (non-hydrogen) atoms. The second-order valence-electron chi connectivity index (χ2n) is 15.3. The van der Waals surface area contributed by atoms with Gasteiger partial charge in [0.1, 0.15) is 0 Å². The molecule has 8 aromatic rings. The van der Waals surface area contributed by atoms with Crippen molar-refractivity contribution in [2.75, 3.05) is 0 Å². The van der Waals surface area contributed by atoms with Crippen LogP contribution in [0.3, 0.4) is 0 Å². The van der Waals surface area contributed by atoms with Crippen LogP contribution in [0.15, 0.2) is 200 Å². The standard InChI is InChI=1S/C54H40N2/c1-5-17-38(18-6-1)48-36-55-56-52(40-19-7-2-8-20-40)51(46-26-13-14-27-47(46)53(48)56)39-31-29-37(30-32-39)41-33-34-45-44-25-15-16-28-49(44)54(50(45)35-41,42-21-9-3-10-22-42)43-23-11-4-12-24-43/h1-5,7-17,19-23,25-36,43H,6,18,24H2. The van der Waals surface area contributed by atoms with Gasteiger partial charge in [0.15, 0.2) is 0 Å². The maximum atomic E-state index is 5.14. The van der Waals surface area contributed by atoms with E-state index >= 15 is 0 Å². The molecular weight excluding hydrogens is 677 g/mol. The van der Waals surface area contributed by atoms with Crippen molar-refractivity contribution in [2.24, 2.45) is 5.92 Å². The van der Waals surface area contributed by atoms with Crippen LogP contribution in [0.2, 0.25) is 0 Å². The summed E-state index contributed by atoms with van der Waals surface area (Å²) in [5.41, 5.74) is 17.3. The molecule has 2 atom stereocenters. The molecule has 6 aromatic carbocycles. The highest BCUT2D eigenvalue weighted by Gasteiger charge is 2.49. The summed E-state index contributed by atoms with van der Waals surface area (Å²) in [4.78, 5) is 0. The van der Waals surface area contributed by atoms with Gasteiger partial charge in [-0.3, -0.25) is 0 Å². The normalized spacial score (nSPS) is 18.3. The number of pyridine rings is 1. The van der Waals surface area contributed by atoms with E-state index in [1.54, 1.807) is 0 Å². The fourth-order valence-electron chi connectivity index (χ4n) is 9.98. The molecule has 0 aliphatic heterocycles. The number of allylic oxidation sites excluding steroid dienone is 8. The summed E-state index contributed by atoms with van der Waals surface area (Å²) in [6.07, 6.45) is 21.0. The van der Waals surface area contributed by atoms with Crippen molar-refractivity contribution in [3.8, 4) is 44.6 Å². The molecule has 0 amide bonds. The fourth-order valence-corrected chi connectivity index (χ4v) is 9.98. The van der Waals surface area contributed by atoms with Gasteiger partial charge in [0.25, 0.3) is 0 Å². The number of hydrogen-bond donors (Lipinski definition) is 0. The van der Waals surface area contributed by atoms with Gasteiger partial charge in [0.05, 0.1) is 22.8 Å². The zero-order valence-corrected chi connectivity index (χ0v) is 31.1. The molecule has 2 heterocycles. The molecule has 11 rings (SSSR count). The van der Waals surface area contributed by atoms with Crippen LogP contribution in [0.25, 0.3) is 66.5 Å². The Balaban J connectivity index is 1.09. The van der Waals surface area contributed by atoms with Gasteiger partial charge in [-0.1, -0.05) is 188 Å². The number of benzene rings is 6. The average Bonchev–Trinajstić information content (AvgIpc) is 3.86. The molecular formula is C54H40N2. The molecule has 3 aliphatic carbocycles. The Labute approximate surface area is 328 Å². The van der Waals surface area contributed by atoms with Crippen molar-refractivity contribution >= 4 is 21.9 Å². The first-order valence-electron chi connectivity index (χ1n) is 19.9. The minimum atomic E-state index is -0.296. The Kier molecular flexibility index (Phi) is 7.70. The van der Waals surface area contributed by atoms with E-state index in [1.165, 1.54) is 77.5 Å². The van der Waals surface area contributed by atoms with E-state index in [0.717, 1.165) is 30.5 Å². The quantitative estimate of drug-likeness (QED) is 0.167.